The molecule has 3 heterocycles. The molecule has 2 aliphatic heterocycles. The van der Waals surface area contributed by atoms with E-state index < -0.39 is 0 Å². The summed E-state index contributed by atoms with van der Waals surface area (Å²) in [6, 6.07) is 4.38. The lowest BCUT2D eigenvalue weighted by Gasteiger charge is -2.42. The number of piperidine rings is 1. The van der Waals surface area contributed by atoms with Crippen LogP contribution in [-0.4, -0.2) is 48.4 Å². The zero-order chi connectivity index (χ0) is 22.3. The van der Waals surface area contributed by atoms with Crippen LogP contribution in [0.4, 0.5) is 0 Å². The van der Waals surface area contributed by atoms with Gasteiger partial charge >= 0.3 is 0 Å². The van der Waals surface area contributed by atoms with E-state index in [1.54, 1.807) is 7.11 Å². The number of nitrogens with one attached hydrogen (secondary N) is 1. The van der Waals surface area contributed by atoms with E-state index in [1.807, 2.05) is 30.5 Å². The summed E-state index contributed by atoms with van der Waals surface area (Å²) in [6.45, 7) is 4.60. The summed E-state index contributed by atoms with van der Waals surface area (Å²) in [7, 11) is 3.90. The maximum Gasteiger partial charge on any atom is 0.120 e. The molecule has 168 valence electrons. The summed E-state index contributed by atoms with van der Waals surface area (Å²) in [5.74, 6) is 1.19. The smallest absolute Gasteiger partial charge is 0.120 e. The van der Waals surface area contributed by atoms with Crippen LogP contribution in [0.1, 0.15) is 31.9 Å². The van der Waals surface area contributed by atoms with Gasteiger partial charge in [0.25, 0.3) is 0 Å². The molecule has 31 heavy (non-hydrogen) atoms. The van der Waals surface area contributed by atoms with Crippen molar-refractivity contribution < 1.29 is 9.84 Å². The number of nitrogens with zero attached hydrogens (tertiary/aromatic N) is 2. The second kappa shape index (κ2) is 11.0. The largest absolute Gasteiger partial charge is 0.497 e. The third-order valence-corrected chi connectivity index (χ3v) is 6.76. The third kappa shape index (κ3) is 6.03. The van der Waals surface area contributed by atoms with Gasteiger partial charge in [-0.3, -0.25) is 0 Å². The lowest BCUT2D eigenvalue weighted by atomic mass is 9.84. The normalized spacial score (nSPS) is 27.3. The van der Waals surface area contributed by atoms with Gasteiger partial charge in [-0.25, -0.2) is 0 Å². The fourth-order valence-corrected chi connectivity index (χ4v) is 4.42. The van der Waals surface area contributed by atoms with E-state index in [0.29, 0.717) is 5.92 Å². The average Bonchev–Trinajstić information content (AvgIpc) is 3.29. The van der Waals surface area contributed by atoms with Gasteiger partial charge < -0.3 is 24.6 Å². The first-order valence-corrected chi connectivity index (χ1v) is 11.6. The van der Waals surface area contributed by atoms with Gasteiger partial charge in [-0.05, 0) is 63.6 Å². The Morgan fingerprint density at radius 2 is 2.03 bits per heavy atom. The number of allylic oxidation sites excluding steroid dienone is 7. The van der Waals surface area contributed by atoms with Crippen LogP contribution in [0.3, 0.4) is 0 Å². The summed E-state index contributed by atoms with van der Waals surface area (Å²) in [6.07, 6.45) is 19.5. The minimum absolute atomic E-state index is 0.0161. The van der Waals surface area contributed by atoms with E-state index in [4.69, 9.17) is 9.84 Å². The highest BCUT2D eigenvalue weighted by Gasteiger charge is 2.37. The van der Waals surface area contributed by atoms with Crippen molar-refractivity contribution in [1.29, 1.82) is 0 Å². The van der Waals surface area contributed by atoms with Crippen molar-refractivity contribution in [2.24, 2.45) is 5.92 Å². The second-order valence-electron chi connectivity index (χ2n) is 8.33. The average molecular weight is 488 g/mol. The minimum Gasteiger partial charge on any atom is -0.497 e. The van der Waals surface area contributed by atoms with Gasteiger partial charge in [0.05, 0.1) is 12.6 Å². The fraction of sp³-hybridized carbons (Fsp3) is 0.440. The number of methoxy groups -OCH3 is 1. The molecule has 1 fully saturated rings. The summed E-state index contributed by atoms with van der Waals surface area (Å²) in [4.78, 5) is 2.39. The minimum atomic E-state index is -0.0161. The molecule has 5 nitrogen and oxygen atoms in total. The van der Waals surface area contributed by atoms with E-state index >= 15 is 0 Å². The molecule has 1 unspecified atom stereocenters. The predicted molar refractivity (Wildman–Crippen MR) is 131 cm³/mol. The first-order valence-electron chi connectivity index (χ1n) is 10.9. The summed E-state index contributed by atoms with van der Waals surface area (Å²) in [5, 5.41) is 12.4. The van der Waals surface area contributed by atoms with Crippen LogP contribution in [-0.2, 0) is 10.3 Å². The summed E-state index contributed by atoms with van der Waals surface area (Å²) >= 11 is 3.34. The molecule has 3 aliphatic rings. The highest BCUT2D eigenvalue weighted by molar-refractivity contribution is 9.11. The molecule has 6 heteroatoms. The van der Waals surface area contributed by atoms with Crippen LogP contribution in [0.2, 0.25) is 0 Å². The molecule has 0 aromatic carbocycles. The van der Waals surface area contributed by atoms with E-state index in [1.165, 1.54) is 11.4 Å². The number of rotatable bonds is 2. The number of aliphatic hydroxyl groups excluding tert-OH is 1. The number of hydrogen-bond donors (Lipinski definition) is 2. The van der Waals surface area contributed by atoms with Crippen molar-refractivity contribution >= 4 is 21.6 Å². The quantitative estimate of drug-likeness (QED) is 0.631. The number of hydrogen-bond acceptors (Lipinski definition) is 4. The lowest BCUT2D eigenvalue weighted by Crippen LogP contribution is -2.49. The third-order valence-electron chi connectivity index (χ3n) is 6.17. The molecule has 1 aromatic rings. The fourth-order valence-electron chi connectivity index (χ4n) is 4.09. The van der Waals surface area contributed by atoms with Gasteiger partial charge in [0, 0.05) is 53.9 Å². The van der Waals surface area contributed by atoms with Crippen LogP contribution in [0.15, 0.2) is 71.2 Å². The van der Waals surface area contributed by atoms with Crippen molar-refractivity contribution in [2.45, 2.75) is 31.7 Å². The molecule has 1 atom stereocenters. The van der Waals surface area contributed by atoms with Gasteiger partial charge in [0.15, 0.2) is 0 Å². The number of halogens is 1. The molecule has 1 spiro atoms. The molecular weight excluding hydrogens is 454 g/mol. The zero-order valence-corrected chi connectivity index (χ0v) is 20.3. The predicted octanol–water partition coefficient (Wildman–Crippen LogP) is 4.75. The van der Waals surface area contributed by atoms with Crippen molar-refractivity contribution in [3.8, 4) is 0 Å². The van der Waals surface area contributed by atoms with Crippen molar-refractivity contribution in [1.82, 2.24) is 14.8 Å². The van der Waals surface area contributed by atoms with E-state index in [2.05, 4.69) is 75.2 Å². The first kappa shape index (κ1) is 23.6. The molecule has 0 amide bonds. The Balaban J connectivity index is 0.000000254. The summed E-state index contributed by atoms with van der Waals surface area (Å²) in [5.41, 5.74) is 2.52. The molecule has 1 aromatic heterocycles. The van der Waals surface area contributed by atoms with Crippen LogP contribution < -0.4 is 5.32 Å². The Labute approximate surface area is 194 Å². The van der Waals surface area contributed by atoms with Crippen LogP contribution in [0.5, 0.6) is 0 Å². The Morgan fingerprint density at radius 3 is 2.68 bits per heavy atom. The van der Waals surface area contributed by atoms with E-state index in [9.17, 15) is 0 Å². The molecule has 1 aliphatic carbocycles. The summed E-state index contributed by atoms with van der Waals surface area (Å²) < 4.78 is 8.82. The molecule has 0 bridgehead atoms. The highest BCUT2D eigenvalue weighted by atomic mass is 79.9. The van der Waals surface area contributed by atoms with Gasteiger partial charge in [-0.15, -0.1) is 0 Å². The van der Waals surface area contributed by atoms with Gasteiger partial charge in [-0.2, -0.15) is 0 Å². The number of aliphatic hydroxyl groups is 1. The van der Waals surface area contributed by atoms with Gasteiger partial charge in [0.2, 0.25) is 0 Å². The van der Waals surface area contributed by atoms with Gasteiger partial charge in [-0.1, -0.05) is 34.2 Å². The Morgan fingerprint density at radius 1 is 1.26 bits per heavy atom. The SMILES string of the molecule is COC1=C/C=C(\C)n2cccc2C2(CCN(C)CC2)N\C=C\1.OCC1C=CC(Br)=CC1. The monoisotopic (exact) mass is 487 g/mol. The Hall–Kier alpha value is -2.02. The highest BCUT2D eigenvalue weighted by Crippen LogP contribution is 2.34. The lowest BCUT2D eigenvalue weighted by molar-refractivity contribution is 0.164. The molecule has 0 saturated carbocycles. The maximum absolute atomic E-state index is 8.68. The number of aromatic nitrogens is 1. The van der Waals surface area contributed by atoms with Crippen molar-refractivity contribution in [3.05, 3.63) is 76.9 Å². The second-order valence-corrected chi connectivity index (χ2v) is 9.25. The molecule has 1 saturated heterocycles. The molecule has 2 N–H and O–H groups in total. The molecule has 0 radical (unpaired) electrons. The van der Waals surface area contributed by atoms with Crippen molar-refractivity contribution in [2.75, 3.05) is 33.9 Å². The standard InChI is InChI=1S/C18H25N3O.C7H9BrO/c1-15-6-7-16(22-3)8-11-19-18(9-13-20(2)14-10-18)17-5-4-12-21(15)17;8-7-3-1-6(5-9)2-4-7/h4-8,11-12,19H,9-10,13-14H2,1-3H3;1,3-4,6,9H,2,5H2/b11-8+,15-6+,16-7+;. The van der Waals surface area contributed by atoms with Crippen LogP contribution in [0, 0.1) is 5.92 Å². The van der Waals surface area contributed by atoms with Crippen LogP contribution in [0.25, 0.3) is 5.70 Å². The van der Waals surface area contributed by atoms with E-state index in [0.717, 1.165) is 42.6 Å². The first-order chi connectivity index (χ1) is 15.0. The Kier molecular flexibility index (Phi) is 8.41. The van der Waals surface area contributed by atoms with Gasteiger partial charge in [0.1, 0.15) is 5.76 Å². The Bertz CT molecular complexity index is 886. The maximum atomic E-state index is 8.68. The number of likely N-dealkylation sites (tertiary alicyclic amines) is 1. The van der Waals surface area contributed by atoms with E-state index in [-0.39, 0.29) is 12.1 Å². The van der Waals surface area contributed by atoms with Crippen LogP contribution >= 0.6 is 15.9 Å². The number of ether oxygens (including phenoxy) is 1. The topological polar surface area (TPSA) is 49.7 Å². The molecule has 4 rings (SSSR count). The zero-order valence-electron chi connectivity index (χ0n) is 18.7. The van der Waals surface area contributed by atoms with Crippen molar-refractivity contribution in [3.63, 3.8) is 0 Å². The number of fused-ring (bicyclic) bond motifs is 2. The molecular formula is C25H34BrN3O2.